The first-order valence-electron chi connectivity index (χ1n) is 10.6. The fraction of sp³-hybridized carbons (Fsp3) is 0.240. The van der Waals surface area contributed by atoms with Gasteiger partial charge in [0.05, 0.1) is 12.1 Å². The lowest BCUT2D eigenvalue weighted by atomic mass is 10.1. The maximum Gasteiger partial charge on any atom is 0.335 e. The van der Waals surface area contributed by atoms with Gasteiger partial charge in [0.2, 0.25) is 0 Å². The van der Waals surface area contributed by atoms with E-state index in [1.54, 1.807) is 31.2 Å². The minimum absolute atomic E-state index is 0.0586. The van der Waals surface area contributed by atoms with E-state index in [4.69, 9.17) is 5.11 Å². The Labute approximate surface area is 196 Å². The number of nitrogens with one attached hydrogen (secondary N) is 1. The van der Waals surface area contributed by atoms with Gasteiger partial charge >= 0.3 is 5.97 Å². The van der Waals surface area contributed by atoms with Crippen molar-refractivity contribution in [2.24, 2.45) is 0 Å². The summed E-state index contributed by atoms with van der Waals surface area (Å²) in [5, 5.41) is 11.9. The van der Waals surface area contributed by atoms with Crippen molar-refractivity contribution in [1.82, 2.24) is 20.2 Å². The number of amides is 1. The quantitative estimate of drug-likeness (QED) is 0.474. The van der Waals surface area contributed by atoms with Gasteiger partial charge in [-0.05, 0) is 48.7 Å². The lowest BCUT2D eigenvalue weighted by Gasteiger charge is -2.22. The van der Waals surface area contributed by atoms with E-state index in [9.17, 15) is 18.8 Å². The van der Waals surface area contributed by atoms with Crippen LogP contribution in [0.4, 0.5) is 4.39 Å². The van der Waals surface area contributed by atoms with Gasteiger partial charge in [-0.1, -0.05) is 24.3 Å². The van der Waals surface area contributed by atoms with Gasteiger partial charge in [-0.2, -0.15) is 0 Å². The molecule has 1 heterocycles. The molecule has 3 rings (SSSR count). The van der Waals surface area contributed by atoms with E-state index >= 15 is 0 Å². The Morgan fingerprint density at radius 1 is 1.06 bits per heavy atom. The highest BCUT2D eigenvalue weighted by atomic mass is 19.1. The summed E-state index contributed by atoms with van der Waals surface area (Å²) in [6, 6.07) is 11.0. The normalized spacial score (nSPS) is 10.8. The standard InChI is InChI=1S/C25H25FN4O4/c1-16-9-19(5-8-22(16)26)10-28-24(32)23-21(11-27-15-29-23)14-30(12-17(2)31)13-18-3-6-20(7-4-18)25(33)34/h3-9,11,15H,10,12-14H2,1-2H3,(H,28,32)(H,33,34). The minimum atomic E-state index is -1.01. The van der Waals surface area contributed by atoms with Crippen LogP contribution in [0.3, 0.4) is 0 Å². The van der Waals surface area contributed by atoms with Crippen LogP contribution in [0.15, 0.2) is 55.0 Å². The number of aromatic carboxylic acids is 1. The average molecular weight is 464 g/mol. The number of carbonyl (C=O) groups is 3. The first-order chi connectivity index (χ1) is 16.2. The molecular weight excluding hydrogens is 439 g/mol. The second-order valence-electron chi connectivity index (χ2n) is 8.01. The fourth-order valence-electron chi connectivity index (χ4n) is 3.50. The van der Waals surface area contributed by atoms with Crippen molar-refractivity contribution in [3.05, 3.63) is 94.3 Å². The summed E-state index contributed by atoms with van der Waals surface area (Å²) in [5.41, 5.74) is 2.97. The van der Waals surface area contributed by atoms with Crippen LogP contribution in [0.25, 0.3) is 0 Å². The van der Waals surface area contributed by atoms with E-state index < -0.39 is 11.9 Å². The Hall–Kier alpha value is -3.98. The molecule has 0 spiro atoms. The number of halogens is 1. The van der Waals surface area contributed by atoms with Crippen molar-refractivity contribution in [1.29, 1.82) is 0 Å². The van der Waals surface area contributed by atoms with Crippen molar-refractivity contribution in [2.45, 2.75) is 33.5 Å². The van der Waals surface area contributed by atoms with Gasteiger partial charge in [-0.25, -0.2) is 19.2 Å². The predicted octanol–water partition coefficient (Wildman–Crippen LogP) is 3.14. The SMILES string of the molecule is CC(=O)CN(Cc1ccc(C(=O)O)cc1)Cc1cncnc1C(=O)NCc1ccc(F)c(C)c1. The molecule has 0 radical (unpaired) electrons. The number of aromatic nitrogens is 2. The number of carboxylic acids is 1. The van der Waals surface area contributed by atoms with Gasteiger partial charge in [0, 0.05) is 31.4 Å². The van der Waals surface area contributed by atoms with Crippen LogP contribution in [0.5, 0.6) is 0 Å². The molecule has 0 aliphatic rings. The van der Waals surface area contributed by atoms with Crippen LogP contribution in [0.2, 0.25) is 0 Å². The Kier molecular flexibility index (Phi) is 8.15. The van der Waals surface area contributed by atoms with Crippen LogP contribution in [-0.4, -0.2) is 44.2 Å². The maximum absolute atomic E-state index is 13.5. The third-order valence-corrected chi connectivity index (χ3v) is 5.13. The molecule has 0 aliphatic carbocycles. The van der Waals surface area contributed by atoms with Crippen molar-refractivity contribution < 1.29 is 23.9 Å². The molecule has 0 saturated heterocycles. The maximum atomic E-state index is 13.5. The Balaban J connectivity index is 1.74. The molecule has 0 unspecified atom stereocenters. The monoisotopic (exact) mass is 464 g/mol. The molecular formula is C25H25FN4O4. The Morgan fingerprint density at radius 3 is 2.41 bits per heavy atom. The summed E-state index contributed by atoms with van der Waals surface area (Å²) >= 11 is 0. The molecule has 2 aromatic carbocycles. The molecule has 0 aliphatic heterocycles. The molecule has 0 fully saturated rings. The number of ketones is 1. The number of Topliss-reactive ketones (excluding diaryl/α,β-unsaturated/α-hetero) is 1. The summed E-state index contributed by atoms with van der Waals surface area (Å²) in [6.07, 6.45) is 2.81. The molecule has 0 saturated carbocycles. The second kappa shape index (κ2) is 11.2. The first kappa shape index (κ1) is 24.7. The zero-order valence-corrected chi connectivity index (χ0v) is 18.9. The second-order valence-corrected chi connectivity index (χ2v) is 8.01. The summed E-state index contributed by atoms with van der Waals surface area (Å²) in [5.74, 6) is -1.79. The van der Waals surface area contributed by atoms with Gasteiger partial charge in [-0.3, -0.25) is 14.5 Å². The molecule has 2 N–H and O–H groups in total. The topological polar surface area (TPSA) is 112 Å². The molecule has 1 aromatic heterocycles. The highest BCUT2D eigenvalue weighted by Crippen LogP contribution is 2.14. The van der Waals surface area contributed by atoms with Crippen LogP contribution in [-0.2, 0) is 24.4 Å². The highest BCUT2D eigenvalue weighted by molar-refractivity contribution is 5.93. The summed E-state index contributed by atoms with van der Waals surface area (Å²) < 4.78 is 13.5. The lowest BCUT2D eigenvalue weighted by Crippen LogP contribution is -2.31. The van der Waals surface area contributed by atoms with Gasteiger partial charge in [-0.15, -0.1) is 0 Å². The highest BCUT2D eigenvalue weighted by Gasteiger charge is 2.18. The van der Waals surface area contributed by atoms with Crippen molar-refractivity contribution in [3.63, 3.8) is 0 Å². The first-order valence-corrected chi connectivity index (χ1v) is 10.6. The summed E-state index contributed by atoms with van der Waals surface area (Å²) in [6.45, 7) is 4.06. The molecule has 0 bridgehead atoms. The van der Waals surface area contributed by atoms with Crippen LogP contribution >= 0.6 is 0 Å². The van der Waals surface area contributed by atoms with E-state index in [1.807, 2.05) is 4.90 Å². The Bertz CT molecular complexity index is 1200. The third kappa shape index (κ3) is 6.76. The Morgan fingerprint density at radius 2 is 1.76 bits per heavy atom. The molecule has 3 aromatic rings. The number of carbonyl (C=O) groups excluding carboxylic acids is 2. The van der Waals surface area contributed by atoms with E-state index in [0.29, 0.717) is 17.7 Å². The minimum Gasteiger partial charge on any atom is -0.478 e. The zero-order valence-electron chi connectivity index (χ0n) is 18.9. The molecule has 34 heavy (non-hydrogen) atoms. The van der Waals surface area contributed by atoms with Crippen molar-refractivity contribution in [3.8, 4) is 0 Å². The average Bonchev–Trinajstić information content (AvgIpc) is 2.80. The lowest BCUT2D eigenvalue weighted by molar-refractivity contribution is -0.118. The molecule has 9 heteroatoms. The smallest absolute Gasteiger partial charge is 0.335 e. The largest absolute Gasteiger partial charge is 0.478 e. The molecule has 1 amide bonds. The van der Waals surface area contributed by atoms with Crippen LogP contribution in [0.1, 0.15) is 50.0 Å². The van der Waals surface area contributed by atoms with Gasteiger partial charge in [0.15, 0.2) is 0 Å². The number of hydrogen-bond acceptors (Lipinski definition) is 6. The number of aryl methyl sites for hydroxylation is 1. The summed E-state index contributed by atoms with van der Waals surface area (Å²) in [4.78, 5) is 45.8. The number of carboxylic acid groups (broad SMARTS) is 1. The van der Waals surface area contributed by atoms with Crippen molar-refractivity contribution in [2.75, 3.05) is 6.54 Å². The summed E-state index contributed by atoms with van der Waals surface area (Å²) in [7, 11) is 0. The third-order valence-electron chi connectivity index (χ3n) is 5.13. The number of hydrogen-bond donors (Lipinski definition) is 2. The molecule has 176 valence electrons. The fourth-order valence-corrected chi connectivity index (χ4v) is 3.50. The number of nitrogens with zero attached hydrogens (tertiary/aromatic N) is 3. The van der Waals surface area contributed by atoms with Crippen LogP contribution in [0, 0.1) is 12.7 Å². The van der Waals surface area contributed by atoms with E-state index in [1.165, 1.54) is 37.6 Å². The molecule has 8 nitrogen and oxygen atoms in total. The number of rotatable bonds is 10. The number of benzene rings is 2. The van der Waals surface area contributed by atoms with Crippen LogP contribution < -0.4 is 5.32 Å². The zero-order chi connectivity index (χ0) is 24.7. The van der Waals surface area contributed by atoms with E-state index in [-0.39, 0.29) is 42.5 Å². The van der Waals surface area contributed by atoms with Gasteiger partial charge < -0.3 is 10.4 Å². The van der Waals surface area contributed by atoms with Gasteiger partial charge in [0.25, 0.3) is 5.91 Å². The van der Waals surface area contributed by atoms with Crippen molar-refractivity contribution >= 4 is 17.7 Å². The predicted molar refractivity (Wildman–Crippen MR) is 123 cm³/mol. The molecule has 0 atom stereocenters. The van der Waals surface area contributed by atoms with Gasteiger partial charge in [0.1, 0.15) is 23.6 Å². The van der Waals surface area contributed by atoms with E-state index in [2.05, 4.69) is 15.3 Å². The van der Waals surface area contributed by atoms with E-state index in [0.717, 1.165) is 11.1 Å².